The van der Waals surface area contributed by atoms with Crippen LogP contribution >= 0.6 is 11.8 Å². The molecule has 0 spiro atoms. The molecule has 0 aliphatic carbocycles. The summed E-state index contributed by atoms with van der Waals surface area (Å²) in [6.45, 7) is 2.78. The van der Waals surface area contributed by atoms with Gasteiger partial charge in [-0.2, -0.15) is 0 Å². The predicted octanol–water partition coefficient (Wildman–Crippen LogP) is 3.08. The maximum absolute atomic E-state index is 14.7. The van der Waals surface area contributed by atoms with Crippen LogP contribution in [0.4, 0.5) is 8.78 Å². The number of ether oxygens (including phenoxy) is 2. The lowest BCUT2D eigenvalue weighted by Crippen LogP contribution is -2.34. The molecular weight excluding hydrogens is 414 g/mol. The quantitative estimate of drug-likeness (QED) is 0.625. The summed E-state index contributed by atoms with van der Waals surface area (Å²) in [5.74, 6) is -0.883. The lowest BCUT2D eigenvalue weighted by atomic mass is 9.97. The van der Waals surface area contributed by atoms with Crippen LogP contribution in [-0.4, -0.2) is 41.7 Å². The molecule has 30 heavy (non-hydrogen) atoms. The van der Waals surface area contributed by atoms with Crippen LogP contribution < -0.4 is 11.2 Å². The lowest BCUT2D eigenvalue weighted by Gasteiger charge is -2.17. The number of nitrogens with zero attached hydrogens (tertiary/aromatic N) is 1. The van der Waals surface area contributed by atoms with Gasteiger partial charge < -0.3 is 9.47 Å². The Morgan fingerprint density at radius 1 is 1.23 bits per heavy atom. The van der Waals surface area contributed by atoms with Crippen LogP contribution in [0.15, 0.2) is 38.8 Å². The summed E-state index contributed by atoms with van der Waals surface area (Å²) in [5.41, 5.74) is 0.811. The number of aromatic nitrogens is 2. The summed E-state index contributed by atoms with van der Waals surface area (Å²) >= 11 is 1.40. The number of nitrogens with one attached hydrogen (secondary N) is 1. The van der Waals surface area contributed by atoms with Gasteiger partial charge in [0.1, 0.15) is 11.6 Å². The smallest absolute Gasteiger partial charge is 0.328 e. The van der Waals surface area contributed by atoms with Gasteiger partial charge in [-0.25, -0.2) is 13.6 Å². The van der Waals surface area contributed by atoms with E-state index in [1.807, 2.05) is 0 Å². The van der Waals surface area contributed by atoms with E-state index in [2.05, 4.69) is 4.98 Å². The van der Waals surface area contributed by atoms with E-state index in [0.29, 0.717) is 45.9 Å². The van der Waals surface area contributed by atoms with E-state index in [0.717, 1.165) is 6.07 Å². The number of aromatic amines is 1. The highest BCUT2D eigenvalue weighted by atomic mass is 32.2. The highest BCUT2D eigenvalue weighted by molar-refractivity contribution is 7.99. The molecule has 0 bridgehead atoms. The van der Waals surface area contributed by atoms with Crippen molar-refractivity contribution in [3.05, 3.63) is 62.3 Å². The minimum Gasteiger partial charge on any atom is -0.382 e. The summed E-state index contributed by atoms with van der Waals surface area (Å²) in [6.07, 6.45) is -0.310. The Labute approximate surface area is 174 Å². The van der Waals surface area contributed by atoms with Crippen molar-refractivity contribution in [2.75, 3.05) is 26.1 Å². The second kappa shape index (κ2) is 8.33. The van der Waals surface area contributed by atoms with E-state index < -0.39 is 22.9 Å². The van der Waals surface area contributed by atoms with Crippen LogP contribution in [0.1, 0.15) is 5.56 Å². The van der Waals surface area contributed by atoms with Gasteiger partial charge in [-0.1, -0.05) is 0 Å². The Hall–Kier alpha value is -2.49. The zero-order valence-electron chi connectivity index (χ0n) is 16.5. The zero-order chi connectivity index (χ0) is 21.4. The number of rotatable bonds is 5. The fourth-order valence-electron chi connectivity index (χ4n) is 3.72. The fourth-order valence-corrected chi connectivity index (χ4v) is 5.05. The first kappa shape index (κ1) is 20.8. The third kappa shape index (κ3) is 3.68. The predicted molar refractivity (Wildman–Crippen MR) is 111 cm³/mol. The molecule has 0 fully saturated rings. The van der Waals surface area contributed by atoms with Crippen molar-refractivity contribution < 1.29 is 18.3 Å². The first-order valence-electron chi connectivity index (χ1n) is 9.40. The Morgan fingerprint density at radius 2 is 2.03 bits per heavy atom. The van der Waals surface area contributed by atoms with Crippen LogP contribution in [0.5, 0.6) is 0 Å². The van der Waals surface area contributed by atoms with Crippen molar-refractivity contribution in [1.82, 2.24) is 9.55 Å². The Morgan fingerprint density at radius 3 is 2.77 bits per heavy atom. The molecule has 1 aromatic heterocycles. The fraction of sp³-hybridized carbons (Fsp3) is 0.333. The van der Waals surface area contributed by atoms with E-state index in [1.165, 1.54) is 28.5 Å². The van der Waals surface area contributed by atoms with Gasteiger partial charge in [-0.15, -0.1) is 11.8 Å². The van der Waals surface area contributed by atoms with Gasteiger partial charge >= 0.3 is 5.69 Å². The van der Waals surface area contributed by atoms with Crippen molar-refractivity contribution in [3.8, 4) is 11.1 Å². The molecule has 1 aliphatic heterocycles. The molecule has 6 nitrogen and oxygen atoms in total. The molecule has 0 saturated heterocycles. The van der Waals surface area contributed by atoms with E-state index in [-0.39, 0.29) is 18.2 Å². The molecule has 0 saturated carbocycles. The van der Waals surface area contributed by atoms with Gasteiger partial charge in [-0.05, 0) is 30.7 Å². The highest BCUT2D eigenvalue weighted by Crippen LogP contribution is 2.41. The first-order valence-corrected chi connectivity index (χ1v) is 10.4. The monoisotopic (exact) mass is 434 g/mol. The number of hydrogen-bond acceptors (Lipinski definition) is 5. The second-order valence-electron chi connectivity index (χ2n) is 7.08. The molecule has 0 radical (unpaired) electrons. The highest BCUT2D eigenvalue weighted by Gasteiger charge is 2.26. The van der Waals surface area contributed by atoms with Gasteiger partial charge in [0.25, 0.3) is 5.56 Å². The zero-order valence-corrected chi connectivity index (χ0v) is 17.3. The van der Waals surface area contributed by atoms with E-state index in [1.54, 1.807) is 20.1 Å². The summed E-state index contributed by atoms with van der Waals surface area (Å²) in [6, 6.07) is 5.04. The van der Waals surface area contributed by atoms with Crippen LogP contribution in [-0.2, 0) is 16.0 Å². The molecule has 2 heterocycles. The molecule has 0 amide bonds. The van der Waals surface area contributed by atoms with Crippen molar-refractivity contribution in [2.45, 2.75) is 24.5 Å². The molecular formula is C21H20F2N2O4S. The summed E-state index contributed by atoms with van der Waals surface area (Å²) in [7, 11) is 1.57. The lowest BCUT2D eigenvalue weighted by molar-refractivity contribution is 0.0211. The van der Waals surface area contributed by atoms with Crippen LogP contribution in [0.3, 0.4) is 0 Å². The Kier molecular flexibility index (Phi) is 5.77. The molecule has 3 aromatic rings. The van der Waals surface area contributed by atoms with Gasteiger partial charge in [0.05, 0.1) is 36.8 Å². The maximum Gasteiger partial charge on any atom is 0.328 e. The number of aryl methyl sites for hydroxylation is 1. The van der Waals surface area contributed by atoms with Gasteiger partial charge in [0.15, 0.2) is 0 Å². The molecule has 4 rings (SSSR count). The third-order valence-corrected chi connectivity index (χ3v) is 6.30. The molecule has 158 valence electrons. The molecule has 1 aliphatic rings. The minimum atomic E-state index is -0.704. The van der Waals surface area contributed by atoms with Crippen molar-refractivity contribution in [1.29, 1.82) is 0 Å². The van der Waals surface area contributed by atoms with Crippen LogP contribution in [0, 0.1) is 18.6 Å². The van der Waals surface area contributed by atoms with Gasteiger partial charge in [-0.3, -0.25) is 14.3 Å². The first-order chi connectivity index (χ1) is 14.4. The number of benzene rings is 2. The Balaban J connectivity index is 1.96. The summed E-state index contributed by atoms with van der Waals surface area (Å²) < 4.78 is 40.5. The van der Waals surface area contributed by atoms with Crippen LogP contribution in [0.2, 0.25) is 0 Å². The van der Waals surface area contributed by atoms with Crippen molar-refractivity contribution in [3.63, 3.8) is 0 Å². The van der Waals surface area contributed by atoms with E-state index in [4.69, 9.17) is 9.47 Å². The Bertz CT molecular complexity index is 1240. The van der Waals surface area contributed by atoms with Crippen molar-refractivity contribution >= 4 is 22.7 Å². The molecule has 1 atom stereocenters. The van der Waals surface area contributed by atoms with Gasteiger partial charge in [0.2, 0.25) is 0 Å². The number of methoxy groups -OCH3 is 1. The minimum absolute atomic E-state index is 0.219. The molecule has 2 aromatic carbocycles. The number of halogens is 2. The number of hydrogen-bond donors (Lipinski definition) is 1. The largest absolute Gasteiger partial charge is 0.382 e. The standard InChI is InChI=1S/C21H20F2N2O4S/c1-11-7-15-18-19(17(11)14-4-3-12(22)8-16(14)23)30-10-13(29-6-5-28-2)9-25(18)21(27)24-20(15)26/h3-4,7-8,13H,5-6,9-10H2,1-2H3,(H,24,26,27)/t13-/m1/s1. The third-order valence-electron chi connectivity index (χ3n) is 5.07. The van der Waals surface area contributed by atoms with Crippen molar-refractivity contribution in [2.24, 2.45) is 0 Å². The molecule has 1 N–H and O–H groups in total. The second-order valence-corrected chi connectivity index (χ2v) is 8.11. The summed E-state index contributed by atoms with van der Waals surface area (Å²) in [5, 5.41) is 0.346. The molecule has 0 unspecified atom stereocenters. The average Bonchev–Trinajstić information content (AvgIpc) is 2.88. The number of thioether (sulfide) groups is 1. The maximum atomic E-state index is 14.7. The topological polar surface area (TPSA) is 73.3 Å². The molecule has 9 heteroatoms. The normalized spacial score (nSPS) is 16.1. The average molecular weight is 434 g/mol. The van der Waals surface area contributed by atoms with Gasteiger partial charge in [0, 0.05) is 35.0 Å². The van der Waals surface area contributed by atoms with E-state index >= 15 is 0 Å². The number of H-pyrrole nitrogens is 1. The SMILES string of the molecule is COCCO[C@H]1CSc2c(-c3ccc(F)cc3F)c(C)cc3c(=O)[nH]c(=O)n(c23)C1. The van der Waals surface area contributed by atoms with Crippen LogP contribution in [0.25, 0.3) is 22.0 Å². The van der Waals surface area contributed by atoms with E-state index in [9.17, 15) is 18.4 Å². The summed E-state index contributed by atoms with van der Waals surface area (Å²) in [4.78, 5) is 28.1.